The van der Waals surface area contributed by atoms with Crippen LogP contribution >= 0.6 is 0 Å². The van der Waals surface area contributed by atoms with Gasteiger partial charge in [-0.1, -0.05) is 12.5 Å². The van der Waals surface area contributed by atoms with Gasteiger partial charge in [-0.15, -0.1) is 0 Å². The van der Waals surface area contributed by atoms with E-state index in [1.165, 1.54) is 6.08 Å². The van der Waals surface area contributed by atoms with Gasteiger partial charge in [0.15, 0.2) is 0 Å². The monoisotopic (exact) mass is 340 g/mol. The number of ether oxygens (including phenoxy) is 3. The van der Waals surface area contributed by atoms with E-state index in [0.29, 0.717) is 6.61 Å². The van der Waals surface area contributed by atoms with Gasteiger partial charge in [0.05, 0.1) is 25.6 Å². The molecule has 24 heavy (non-hydrogen) atoms. The van der Waals surface area contributed by atoms with Crippen LogP contribution in [0.1, 0.15) is 65.2 Å². The number of carbonyl (C=O) groups excluding carboxylic acids is 3. The minimum atomic E-state index is -0.375. The second-order valence-corrected chi connectivity index (χ2v) is 5.94. The molecule has 2 atom stereocenters. The van der Waals surface area contributed by atoms with Crippen molar-refractivity contribution < 1.29 is 28.6 Å². The second-order valence-electron chi connectivity index (χ2n) is 5.94. The summed E-state index contributed by atoms with van der Waals surface area (Å²) in [7, 11) is 0. The van der Waals surface area contributed by atoms with Crippen molar-refractivity contribution in [3.05, 3.63) is 12.2 Å². The van der Waals surface area contributed by atoms with E-state index in [-0.39, 0.29) is 43.0 Å². The molecule has 0 fully saturated rings. The number of hydrogen-bond acceptors (Lipinski definition) is 6. The van der Waals surface area contributed by atoms with Crippen LogP contribution in [0.4, 0.5) is 0 Å². The lowest BCUT2D eigenvalue weighted by Crippen LogP contribution is -2.19. The van der Waals surface area contributed by atoms with Crippen LogP contribution in [0.5, 0.6) is 0 Å². The molecular weight excluding hydrogens is 312 g/mol. The third kappa shape index (κ3) is 9.33. The number of rotatable bonds is 11. The third-order valence-electron chi connectivity index (χ3n) is 3.74. The number of carbonyl (C=O) groups is 3. The zero-order valence-electron chi connectivity index (χ0n) is 14.6. The Balaban J connectivity index is 2.02. The molecule has 1 heterocycles. The molecule has 6 nitrogen and oxygen atoms in total. The van der Waals surface area contributed by atoms with Crippen molar-refractivity contribution in [2.24, 2.45) is 0 Å². The molecule has 1 rings (SSSR count). The maximum Gasteiger partial charge on any atom is 0.330 e. The van der Waals surface area contributed by atoms with Crippen LogP contribution in [0, 0.1) is 0 Å². The summed E-state index contributed by atoms with van der Waals surface area (Å²) in [6.45, 7) is 3.91. The Labute approximate surface area is 143 Å². The molecule has 6 heteroatoms. The van der Waals surface area contributed by atoms with E-state index >= 15 is 0 Å². The van der Waals surface area contributed by atoms with Gasteiger partial charge in [-0.2, -0.15) is 0 Å². The average molecular weight is 340 g/mol. The molecule has 0 amide bonds. The minimum absolute atomic E-state index is 0.000581. The normalized spacial score (nSPS) is 17.9. The zero-order valence-corrected chi connectivity index (χ0v) is 14.6. The van der Waals surface area contributed by atoms with E-state index in [1.807, 2.05) is 13.0 Å². The Bertz CT molecular complexity index is 443. The first-order chi connectivity index (χ1) is 11.5. The van der Waals surface area contributed by atoms with Crippen molar-refractivity contribution >= 4 is 17.9 Å². The van der Waals surface area contributed by atoms with Crippen molar-refractivity contribution in [3.63, 3.8) is 0 Å². The van der Waals surface area contributed by atoms with Crippen molar-refractivity contribution in [2.45, 2.75) is 77.4 Å². The first-order valence-electron chi connectivity index (χ1n) is 8.73. The number of unbranched alkanes of at least 4 members (excludes halogenated alkanes) is 2. The van der Waals surface area contributed by atoms with E-state index in [9.17, 15) is 14.4 Å². The van der Waals surface area contributed by atoms with Crippen LogP contribution < -0.4 is 0 Å². The van der Waals surface area contributed by atoms with Crippen molar-refractivity contribution in [1.29, 1.82) is 0 Å². The molecule has 0 spiro atoms. The lowest BCUT2D eigenvalue weighted by molar-refractivity contribution is -0.153. The first kappa shape index (κ1) is 20.2. The maximum absolute atomic E-state index is 11.6. The summed E-state index contributed by atoms with van der Waals surface area (Å²) in [5, 5.41) is 0. The van der Waals surface area contributed by atoms with Crippen molar-refractivity contribution in [2.75, 3.05) is 6.61 Å². The highest BCUT2D eigenvalue weighted by Gasteiger charge is 2.15. The van der Waals surface area contributed by atoms with Crippen LogP contribution in [0.2, 0.25) is 0 Å². The summed E-state index contributed by atoms with van der Waals surface area (Å²) >= 11 is 0. The Hall–Kier alpha value is -1.85. The third-order valence-corrected chi connectivity index (χ3v) is 3.74. The number of cyclic esters (lactones) is 1. The van der Waals surface area contributed by atoms with Gasteiger partial charge in [0.25, 0.3) is 0 Å². The molecule has 136 valence electrons. The molecule has 0 aromatic carbocycles. The summed E-state index contributed by atoms with van der Waals surface area (Å²) in [5.41, 5.74) is 0. The van der Waals surface area contributed by atoms with Gasteiger partial charge in [-0.3, -0.25) is 9.59 Å². The quantitative estimate of drug-likeness (QED) is 0.327. The van der Waals surface area contributed by atoms with Crippen LogP contribution in [0.15, 0.2) is 12.2 Å². The second kappa shape index (κ2) is 11.6. The predicted molar refractivity (Wildman–Crippen MR) is 88.1 cm³/mol. The zero-order chi connectivity index (χ0) is 17.8. The minimum Gasteiger partial charge on any atom is -0.466 e. The van der Waals surface area contributed by atoms with Gasteiger partial charge in [-0.05, 0) is 39.5 Å². The summed E-state index contributed by atoms with van der Waals surface area (Å²) in [6, 6.07) is 0. The van der Waals surface area contributed by atoms with Gasteiger partial charge in [0.2, 0.25) is 0 Å². The van der Waals surface area contributed by atoms with E-state index in [4.69, 9.17) is 14.2 Å². The maximum atomic E-state index is 11.6. The molecule has 0 saturated heterocycles. The Morgan fingerprint density at radius 2 is 2.00 bits per heavy atom. The van der Waals surface area contributed by atoms with Gasteiger partial charge in [0.1, 0.15) is 6.10 Å². The van der Waals surface area contributed by atoms with Crippen LogP contribution in [-0.4, -0.2) is 36.7 Å². The largest absolute Gasteiger partial charge is 0.466 e. The Morgan fingerprint density at radius 3 is 2.71 bits per heavy atom. The van der Waals surface area contributed by atoms with Crippen molar-refractivity contribution in [1.82, 2.24) is 0 Å². The molecule has 0 bridgehead atoms. The van der Waals surface area contributed by atoms with E-state index < -0.39 is 0 Å². The predicted octanol–water partition coefficient (Wildman–Crippen LogP) is 3.08. The average Bonchev–Trinajstić information content (AvgIpc) is 2.53. The summed E-state index contributed by atoms with van der Waals surface area (Å²) in [6.07, 6.45) is 8.66. The van der Waals surface area contributed by atoms with Gasteiger partial charge in [0, 0.05) is 12.5 Å². The summed E-state index contributed by atoms with van der Waals surface area (Å²) in [4.78, 5) is 33.9. The molecule has 0 N–H and O–H groups in total. The standard InChI is InChI=1S/C18H28O6/c1-3-22-16(19)12-13-18(21)23-14(2)8-5-4-6-9-15-10-7-11-17(20)24-15/h7,11,14-15H,3-6,8-10,12-13H2,1-2H3. The lowest BCUT2D eigenvalue weighted by atomic mass is 10.0. The van der Waals surface area contributed by atoms with E-state index in [0.717, 1.165) is 38.5 Å². The van der Waals surface area contributed by atoms with E-state index in [2.05, 4.69) is 0 Å². The highest BCUT2D eigenvalue weighted by Crippen LogP contribution is 2.16. The van der Waals surface area contributed by atoms with Crippen molar-refractivity contribution in [3.8, 4) is 0 Å². The van der Waals surface area contributed by atoms with Gasteiger partial charge < -0.3 is 14.2 Å². The molecule has 1 aliphatic heterocycles. The number of esters is 3. The molecule has 0 saturated carbocycles. The fourth-order valence-electron chi connectivity index (χ4n) is 2.50. The molecule has 0 aromatic heterocycles. The highest BCUT2D eigenvalue weighted by atomic mass is 16.5. The lowest BCUT2D eigenvalue weighted by Gasteiger charge is -2.18. The molecule has 0 aliphatic carbocycles. The van der Waals surface area contributed by atoms with Crippen LogP contribution in [0.3, 0.4) is 0 Å². The van der Waals surface area contributed by atoms with E-state index in [1.54, 1.807) is 6.92 Å². The fourth-order valence-corrected chi connectivity index (χ4v) is 2.50. The summed E-state index contributed by atoms with van der Waals surface area (Å²) < 4.78 is 15.2. The topological polar surface area (TPSA) is 78.9 Å². The Kier molecular flexibility index (Phi) is 9.80. The molecular formula is C18H28O6. The smallest absolute Gasteiger partial charge is 0.330 e. The van der Waals surface area contributed by atoms with Crippen LogP contribution in [0.25, 0.3) is 0 Å². The molecule has 1 aliphatic rings. The van der Waals surface area contributed by atoms with Crippen LogP contribution in [-0.2, 0) is 28.6 Å². The van der Waals surface area contributed by atoms with Gasteiger partial charge >= 0.3 is 17.9 Å². The van der Waals surface area contributed by atoms with Gasteiger partial charge in [-0.25, -0.2) is 4.79 Å². The molecule has 2 unspecified atom stereocenters. The number of hydrogen-bond donors (Lipinski definition) is 0. The Morgan fingerprint density at radius 1 is 1.25 bits per heavy atom. The highest BCUT2D eigenvalue weighted by molar-refractivity contribution is 5.82. The summed E-state index contributed by atoms with van der Waals surface area (Å²) in [5.74, 6) is -0.994. The SMILES string of the molecule is CCOC(=O)CCC(=O)OC(C)CCCCCC1CC=CC(=O)O1. The first-order valence-corrected chi connectivity index (χ1v) is 8.73. The molecule has 0 radical (unpaired) electrons. The fraction of sp³-hybridized carbons (Fsp3) is 0.722. The molecule has 0 aromatic rings.